The highest BCUT2D eigenvalue weighted by atomic mass is 16.5. The number of nitrogens with zero attached hydrogens (tertiary/aromatic N) is 1. The minimum atomic E-state index is -0.838. The quantitative estimate of drug-likeness (QED) is 0.627. The van der Waals surface area contributed by atoms with Gasteiger partial charge in [-0.05, 0) is 26.3 Å². The molecule has 1 heterocycles. The van der Waals surface area contributed by atoms with Gasteiger partial charge in [-0.1, -0.05) is 26.2 Å². The molecule has 1 atom stereocenters. The number of aryl methyl sites for hydroxylation is 1. The maximum absolute atomic E-state index is 12.6. The number of carbonyl (C=O) groups is 1. The first kappa shape index (κ1) is 20.4. The third-order valence-electron chi connectivity index (χ3n) is 4.03. The van der Waals surface area contributed by atoms with Crippen LogP contribution >= 0.6 is 0 Å². The summed E-state index contributed by atoms with van der Waals surface area (Å²) < 4.78 is 15.9. The van der Waals surface area contributed by atoms with Gasteiger partial charge in [0.25, 0.3) is 5.91 Å². The summed E-state index contributed by atoms with van der Waals surface area (Å²) in [7, 11) is 3.19. The monoisotopic (exact) mass is 338 g/mol. The van der Waals surface area contributed by atoms with Crippen LogP contribution < -0.4 is 10.1 Å². The third kappa shape index (κ3) is 6.09. The maximum atomic E-state index is 12.6. The number of ether oxygens (including phenoxy) is 3. The first-order chi connectivity index (χ1) is 11.5. The average molecular weight is 338 g/mol. The van der Waals surface area contributed by atoms with E-state index in [9.17, 15) is 4.79 Å². The zero-order valence-corrected chi connectivity index (χ0v) is 15.5. The molecule has 136 valence electrons. The van der Waals surface area contributed by atoms with E-state index in [0.717, 1.165) is 19.3 Å². The van der Waals surface area contributed by atoms with Crippen molar-refractivity contribution in [2.45, 2.75) is 52.1 Å². The number of amides is 1. The van der Waals surface area contributed by atoms with Crippen LogP contribution in [0.2, 0.25) is 0 Å². The smallest absolute Gasteiger partial charge is 0.256 e. The summed E-state index contributed by atoms with van der Waals surface area (Å²) in [6.45, 7) is 6.73. The lowest BCUT2D eigenvalue weighted by molar-refractivity contribution is -0.136. The van der Waals surface area contributed by atoms with E-state index in [1.54, 1.807) is 26.4 Å². The van der Waals surface area contributed by atoms with Gasteiger partial charge in [0.05, 0.1) is 18.0 Å². The Kier molecular flexibility index (Phi) is 8.71. The number of pyridine rings is 1. The van der Waals surface area contributed by atoms with Gasteiger partial charge in [-0.2, -0.15) is 0 Å². The summed E-state index contributed by atoms with van der Waals surface area (Å²) in [5.74, 6) is 0.360. The highest BCUT2D eigenvalue weighted by Gasteiger charge is 2.32. The molecule has 1 amide bonds. The number of rotatable bonds is 11. The van der Waals surface area contributed by atoms with Crippen molar-refractivity contribution in [3.05, 3.63) is 17.8 Å². The molecular formula is C18H30N2O4. The zero-order chi connectivity index (χ0) is 18.0. The summed E-state index contributed by atoms with van der Waals surface area (Å²) >= 11 is 0. The average Bonchev–Trinajstić information content (AvgIpc) is 2.57. The van der Waals surface area contributed by atoms with Crippen LogP contribution in [0.1, 0.15) is 45.2 Å². The second-order valence-electron chi connectivity index (χ2n) is 5.97. The van der Waals surface area contributed by atoms with Gasteiger partial charge in [0.2, 0.25) is 5.88 Å². The van der Waals surface area contributed by atoms with Crippen LogP contribution in [0.15, 0.2) is 12.1 Å². The number of aromatic nitrogens is 1. The topological polar surface area (TPSA) is 69.7 Å². The number of nitrogens with one attached hydrogen (secondary N) is 1. The lowest BCUT2D eigenvalue weighted by atomic mass is 9.97. The second kappa shape index (κ2) is 10.3. The molecule has 1 aromatic rings. The molecule has 1 rings (SSSR count). The van der Waals surface area contributed by atoms with Crippen molar-refractivity contribution >= 4 is 11.6 Å². The predicted molar refractivity (Wildman–Crippen MR) is 94.5 cm³/mol. The molecule has 0 bridgehead atoms. The van der Waals surface area contributed by atoms with Crippen LogP contribution in [-0.2, 0) is 14.3 Å². The molecule has 0 aliphatic carbocycles. The zero-order valence-electron chi connectivity index (χ0n) is 15.5. The standard InChI is InChI=1S/C18H30N2O4/c1-6-7-8-11-18(3,23-5)17(21)20-15-9-10-16(19-14(15)2)24-13-12-22-4/h9-10H,6-8,11-13H2,1-5H3,(H,20,21)/t18-/m1/s1. The molecule has 0 saturated heterocycles. The molecule has 0 aliphatic heterocycles. The van der Waals surface area contributed by atoms with E-state index in [2.05, 4.69) is 17.2 Å². The number of anilines is 1. The first-order valence-electron chi connectivity index (χ1n) is 8.42. The van der Waals surface area contributed by atoms with Crippen LogP contribution in [0.3, 0.4) is 0 Å². The number of hydrogen-bond donors (Lipinski definition) is 1. The molecule has 0 fully saturated rings. The van der Waals surface area contributed by atoms with Gasteiger partial charge in [-0.15, -0.1) is 0 Å². The van der Waals surface area contributed by atoms with E-state index in [1.165, 1.54) is 0 Å². The number of hydrogen-bond acceptors (Lipinski definition) is 5. The Bertz CT molecular complexity index is 522. The fourth-order valence-electron chi connectivity index (χ4n) is 2.26. The molecule has 6 heteroatoms. The molecule has 1 N–H and O–H groups in total. The minimum Gasteiger partial charge on any atom is -0.475 e. The Morgan fingerprint density at radius 1 is 1.25 bits per heavy atom. The van der Waals surface area contributed by atoms with E-state index in [-0.39, 0.29) is 5.91 Å². The summed E-state index contributed by atoms with van der Waals surface area (Å²) in [5, 5.41) is 2.92. The summed E-state index contributed by atoms with van der Waals surface area (Å²) in [6, 6.07) is 3.53. The largest absolute Gasteiger partial charge is 0.475 e. The van der Waals surface area contributed by atoms with E-state index in [1.807, 2.05) is 13.8 Å². The Balaban J connectivity index is 2.71. The minimum absolute atomic E-state index is 0.154. The van der Waals surface area contributed by atoms with Gasteiger partial charge < -0.3 is 19.5 Å². The van der Waals surface area contributed by atoms with Gasteiger partial charge in [0, 0.05) is 20.3 Å². The number of methoxy groups -OCH3 is 2. The van der Waals surface area contributed by atoms with Crippen LogP contribution in [-0.4, -0.2) is 43.9 Å². The maximum Gasteiger partial charge on any atom is 0.256 e. The van der Waals surface area contributed by atoms with Crippen molar-refractivity contribution in [1.82, 2.24) is 4.98 Å². The summed E-state index contributed by atoms with van der Waals surface area (Å²) in [6.07, 6.45) is 3.83. The van der Waals surface area contributed by atoms with Crippen molar-refractivity contribution in [3.8, 4) is 5.88 Å². The molecule has 6 nitrogen and oxygen atoms in total. The molecule has 0 spiro atoms. The molecule has 0 saturated carbocycles. The van der Waals surface area contributed by atoms with Gasteiger partial charge in [-0.3, -0.25) is 4.79 Å². The SMILES string of the molecule is CCCCC[C@@](C)(OC)C(=O)Nc1ccc(OCCOC)nc1C. The van der Waals surface area contributed by atoms with E-state index in [0.29, 0.717) is 36.9 Å². The van der Waals surface area contributed by atoms with Gasteiger partial charge in [-0.25, -0.2) is 4.98 Å². The molecule has 0 radical (unpaired) electrons. The fraction of sp³-hybridized carbons (Fsp3) is 0.667. The Labute approximate surface area is 144 Å². The van der Waals surface area contributed by atoms with Crippen molar-refractivity contribution in [1.29, 1.82) is 0 Å². The molecule has 24 heavy (non-hydrogen) atoms. The van der Waals surface area contributed by atoms with Crippen molar-refractivity contribution in [2.24, 2.45) is 0 Å². The van der Waals surface area contributed by atoms with Crippen molar-refractivity contribution in [3.63, 3.8) is 0 Å². The number of carbonyl (C=O) groups excluding carboxylic acids is 1. The Morgan fingerprint density at radius 3 is 2.58 bits per heavy atom. The first-order valence-corrected chi connectivity index (χ1v) is 8.42. The predicted octanol–water partition coefficient (Wildman–Crippen LogP) is 3.34. The van der Waals surface area contributed by atoms with Crippen LogP contribution in [0, 0.1) is 6.92 Å². The Hall–Kier alpha value is -1.66. The third-order valence-corrected chi connectivity index (χ3v) is 4.03. The van der Waals surface area contributed by atoms with Gasteiger partial charge >= 0.3 is 0 Å². The Morgan fingerprint density at radius 2 is 2.00 bits per heavy atom. The van der Waals surface area contributed by atoms with E-state index >= 15 is 0 Å². The highest BCUT2D eigenvalue weighted by Crippen LogP contribution is 2.23. The molecular weight excluding hydrogens is 308 g/mol. The van der Waals surface area contributed by atoms with Gasteiger partial charge in [0.15, 0.2) is 0 Å². The summed E-state index contributed by atoms with van der Waals surface area (Å²) in [5.41, 5.74) is 0.526. The normalized spacial score (nSPS) is 13.4. The lowest BCUT2D eigenvalue weighted by Gasteiger charge is -2.27. The van der Waals surface area contributed by atoms with Crippen LogP contribution in [0.4, 0.5) is 5.69 Å². The van der Waals surface area contributed by atoms with Gasteiger partial charge in [0.1, 0.15) is 12.2 Å². The van der Waals surface area contributed by atoms with Crippen LogP contribution in [0.5, 0.6) is 5.88 Å². The van der Waals surface area contributed by atoms with Crippen molar-refractivity contribution in [2.75, 3.05) is 32.8 Å². The fourth-order valence-corrected chi connectivity index (χ4v) is 2.26. The van der Waals surface area contributed by atoms with Crippen molar-refractivity contribution < 1.29 is 19.0 Å². The number of unbranched alkanes of at least 4 members (excludes halogenated alkanes) is 2. The molecule has 1 aromatic heterocycles. The van der Waals surface area contributed by atoms with E-state index < -0.39 is 5.60 Å². The molecule has 0 aromatic carbocycles. The summed E-state index contributed by atoms with van der Waals surface area (Å²) in [4.78, 5) is 16.9. The lowest BCUT2D eigenvalue weighted by Crippen LogP contribution is -2.42. The molecule has 0 aliphatic rings. The van der Waals surface area contributed by atoms with E-state index in [4.69, 9.17) is 14.2 Å². The second-order valence-corrected chi connectivity index (χ2v) is 5.97. The molecule has 0 unspecified atom stereocenters. The van der Waals surface area contributed by atoms with Crippen LogP contribution in [0.25, 0.3) is 0 Å². The highest BCUT2D eigenvalue weighted by molar-refractivity contribution is 5.97.